The van der Waals surface area contributed by atoms with Gasteiger partial charge in [-0.2, -0.15) is 0 Å². The Bertz CT molecular complexity index is 1410. The van der Waals surface area contributed by atoms with Crippen molar-refractivity contribution in [1.82, 2.24) is 10.2 Å². The summed E-state index contributed by atoms with van der Waals surface area (Å²) in [4.78, 5) is 28.2. The van der Waals surface area contributed by atoms with Crippen LogP contribution in [0.5, 0.6) is 0 Å². The smallest absolute Gasteiger partial charge is 0.264 e. The van der Waals surface area contributed by atoms with E-state index in [9.17, 15) is 18.0 Å². The first-order chi connectivity index (χ1) is 18.0. The molecule has 9 heteroatoms. The molecule has 0 aliphatic rings. The van der Waals surface area contributed by atoms with Crippen molar-refractivity contribution in [2.24, 2.45) is 0 Å². The molecule has 1 unspecified atom stereocenters. The summed E-state index contributed by atoms with van der Waals surface area (Å²) in [6.07, 6.45) is 0.338. The summed E-state index contributed by atoms with van der Waals surface area (Å²) in [6, 6.07) is 18.0. The number of amides is 2. The van der Waals surface area contributed by atoms with Crippen molar-refractivity contribution in [2.75, 3.05) is 17.9 Å². The van der Waals surface area contributed by atoms with Crippen molar-refractivity contribution < 1.29 is 18.0 Å². The Balaban J connectivity index is 2.10. The Morgan fingerprint density at radius 1 is 0.947 bits per heavy atom. The molecule has 0 radical (unpaired) electrons. The molecule has 3 aromatic rings. The number of aryl methyl sites for hydroxylation is 3. The van der Waals surface area contributed by atoms with Gasteiger partial charge in [-0.15, -0.1) is 0 Å². The number of benzene rings is 3. The lowest BCUT2D eigenvalue weighted by atomic mass is 10.1. The number of nitrogens with zero attached hydrogens (tertiary/aromatic N) is 2. The van der Waals surface area contributed by atoms with E-state index in [1.54, 1.807) is 55.5 Å². The third-order valence-corrected chi connectivity index (χ3v) is 8.75. The first kappa shape index (κ1) is 29.2. The van der Waals surface area contributed by atoms with Crippen molar-refractivity contribution in [3.8, 4) is 0 Å². The number of anilines is 1. The lowest BCUT2D eigenvalue weighted by molar-refractivity contribution is -0.140. The maximum absolute atomic E-state index is 13.9. The molecule has 0 heterocycles. The van der Waals surface area contributed by atoms with E-state index < -0.39 is 28.5 Å². The molecule has 0 saturated heterocycles. The zero-order chi connectivity index (χ0) is 28.0. The van der Waals surface area contributed by atoms with Crippen molar-refractivity contribution in [3.63, 3.8) is 0 Å². The number of halogens is 1. The normalized spacial score (nSPS) is 12.1. The standard InChI is InChI=1S/C29H34ClN3O4S/c1-6-27(29(35)31-5)32(18-23-9-7-8-10-26(23)30)28(34)19-33(24-14-13-21(3)22(4)17-24)38(36,37)25-15-11-20(2)12-16-25/h7-17,27H,6,18-19H2,1-5H3,(H,31,35). The Morgan fingerprint density at radius 3 is 2.18 bits per heavy atom. The average molecular weight is 556 g/mol. The van der Waals surface area contributed by atoms with Crippen LogP contribution in [0.3, 0.4) is 0 Å². The SMILES string of the molecule is CCC(C(=O)NC)N(Cc1ccccc1Cl)C(=O)CN(c1ccc(C)c(C)c1)S(=O)(=O)c1ccc(C)cc1. The molecule has 0 aliphatic heterocycles. The minimum atomic E-state index is -4.11. The van der Waals surface area contributed by atoms with Crippen molar-refractivity contribution in [2.45, 2.75) is 51.6 Å². The minimum Gasteiger partial charge on any atom is -0.357 e. The zero-order valence-electron chi connectivity index (χ0n) is 22.4. The topological polar surface area (TPSA) is 86.8 Å². The predicted molar refractivity (Wildman–Crippen MR) is 152 cm³/mol. The first-order valence-electron chi connectivity index (χ1n) is 12.4. The third-order valence-electron chi connectivity index (χ3n) is 6.60. The summed E-state index contributed by atoms with van der Waals surface area (Å²) >= 11 is 6.39. The highest BCUT2D eigenvalue weighted by atomic mass is 35.5. The predicted octanol–water partition coefficient (Wildman–Crippen LogP) is 5.01. The number of likely N-dealkylation sites (N-methyl/N-ethyl adjacent to an activating group) is 1. The lowest BCUT2D eigenvalue weighted by Crippen LogP contribution is -2.51. The van der Waals surface area contributed by atoms with Crippen LogP contribution in [-0.4, -0.2) is 44.8 Å². The third kappa shape index (κ3) is 6.55. The molecule has 0 bridgehead atoms. The molecule has 3 aromatic carbocycles. The van der Waals surface area contributed by atoms with Gasteiger partial charge in [-0.1, -0.05) is 60.5 Å². The molecule has 7 nitrogen and oxygen atoms in total. The number of hydrogen-bond acceptors (Lipinski definition) is 4. The van der Waals surface area contributed by atoms with E-state index in [0.717, 1.165) is 21.0 Å². The molecule has 202 valence electrons. The highest BCUT2D eigenvalue weighted by Crippen LogP contribution is 2.27. The first-order valence-corrected chi connectivity index (χ1v) is 14.2. The summed E-state index contributed by atoms with van der Waals surface area (Å²) in [6.45, 7) is 7.06. The largest absolute Gasteiger partial charge is 0.357 e. The van der Waals surface area contributed by atoms with E-state index in [1.165, 1.54) is 24.1 Å². The van der Waals surface area contributed by atoms with E-state index in [0.29, 0.717) is 22.7 Å². The molecule has 0 spiro atoms. The summed E-state index contributed by atoms with van der Waals surface area (Å²) in [7, 11) is -2.60. The summed E-state index contributed by atoms with van der Waals surface area (Å²) in [5.41, 5.74) is 3.83. The van der Waals surface area contributed by atoms with Crippen LogP contribution in [0.2, 0.25) is 5.02 Å². The summed E-state index contributed by atoms with van der Waals surface area (Å²) in [5, 5.41) is 3.07. The van der Waals surface area contributed by atoms with Crippen LogP contribution in [0, 0.1) is 20.8 Å². The molecule has 38 heavy (non-hydrogen) atoms. The van der Waals surface area contributed by atoms with Crippen molar-refractivity contribution in [3.05, 3.63) is 94.0 Å². The quantitative estimate of drug-likeness (QED) is 0.381. The van der Waals surface area contributed by atoms with Crippen LogP contribution in [-0.2, 0) is 26.2 Å². The van der Waals surface area contributed by atoms with Gasteiger partial charge >= 0.3 is 0 Å². The zero-order valence-corrected chi connectivity index (χ0v) is 23.9. The fourth-order valence-electron chi connectivity index (χ4n) is 4.14. The van der Waals surface area contributed by atoms with Crippen molar-refractivity contribution >= 4 is 39.1 Å². The molecule has 1 N–H and O–H groups in total. The Labute approximate surface area is 230 Å². The van der Waals surface area contributed by atoms with Gasteiger partial charge in [0.25, 0.3) is 10.0 Å². The molecule has 0 saturated carbocycles. The summed E-state index contributed by atoms with van der Waals surface area (Å²) in [5.74, 6) is -0.860. The van der Waals surface area contributed by atoms with Gasteiger partial charge in [0.15, 0.2) is 0 Å². The average Bonchev–Trinajstić information content (AvgIpc) is 2.89. The van der Waals surface area contributed by atoms with E-state index in [-0.39, 0.29) is 17.3 Å². The van der Waals surface area contributed by atoms with Gasteiger partial charge in [-0.05, 0) is 74.2 Å². The van der Waals surface area contributed by atoms with Gasteiger partial charge in [-0.3, -0.25) is 13.9 Å². The van der Waals surface area contributed by atoms with E-state index >= 15 is 0 Å². The molecule has 2 amide bonds. The molecule has 1 atom stereocenters. The van der Waals surface area contributed by atoms with E-state index in [2.05, 4.69) is 5.32 Å². The number of nitrogens with one attached hydrogen (secondary N) is 1. The molecule has 0 aromatic heterocycles. The lowest BCUT2D eigenvalue weighted by Gasteiger charge is -2.33. The van der Waals surface area contributed by atoms with E-state index in [4.69, 9.17) is 11.6 Å². The molecule has 3 rings (SSSR count). The van der Waals surface area contributed by atoms with Crippen molar-refractivity contribution in [1.29, 1.82) is 0 Å². The highest BCUT2D eigenvalue weighted by Gasteiger charge is 2.33. The number of carbonyl (C=O) groups is 2. The molecule has 0 fully saturated rings. The Hall–Kier alpha value is -3.36. The second-order valence-corrected chi connectivity index (χ2v) is 11.5. The van der Waals surface area contributed by atoms with Crippen LogP contribution in [0.1, 0.15) is 35.6 Å². The van der Waals surface area contributed by atoms with Crippen LogP contribution in [0.15, 0.2) is 71.6 Å². The van der Waals surface area contributed by atoms with Gasteiger partial charge in [-0.25, -0.2) is 8.42 Å². The number of hydrogen-bond donors (Lipinski definition) is 1. The van der Waals surface area contributed by atoms with E-state index in [1.807, 2.05) is 26.8 Å². The molecular formula is C29H34ClN3O4S. The monoisotopic (exact) mass is 555 g/mol. The Kier molecular flexibility index (Phi) is 9.57. The van der Waals surface area contributed by atoms with Crippen LogP contribution in [0.25, 0.3) is 0 Å². The second-order valence-electron chi connectivity index (χ2n) is 9.24. The fraction of sp³-hybridized carbons (Fsp3) is 0.310. The minimum absolute atomic E-state index is 0.0514. The molecular weight excluding hydrogens is 522 g/mol. The summed E-state index contributed by atoms with van der Waals surface area (Å²) < 4.78 is 28.9. The second kappa shape index (κ2) is 12.5. The highest BCUT2D eigenvalue weighted by molar-refractivity contribution is 7.92. The maximum atomic E-state index is 13.9. The number of carbonyl (C=O) groups excluding carboxylic acids is 2. The fourth-order valence-corrected chi connectivity index (χ4v) is 5.74. The molecule has 0 aliphatic carbocycles. The van der Waals surface area contributed by atoms with Gasteiger partial charge in [0.05, 0.1) is 10.6 Å². The number of rotatable bonds is 10. The number of sulfonamides is 1. The Morgan fingerprint density at radius 2 is 1.61 bits per heavy atom. The van der Waals surface area contributed by atoms with Crippen LogP contribution < -0.4 is 9.62 Å². The van der Waals surface area contributed by atoms with Crippen LogP contribution >= 0.6 is 11.6 Å². The van der Waals surface area contributed by atoms with Gasteiger partial charge in [0.1, 0.15) is 12.6 Å². The maximum Gasteiger partial charge on any atom is 0.264 e. The van der Waals surface area contributed by atoms with Gasteiger partial charge in [0, 0.05) is 18.6 Å². The van der Waals surface area contributed by atoms with Crippen LogP contribution in [0.4, 0.5) is 5.69 Å². The van der Waals surface area contributed by atoms with Gasteiger partial charge < -0.3 is 10.2 Å². The van der Waals surface area contributed by atoms with Gasteiger partial charge in [0.2, 0.25) is 11.8 Å².